The zero-order valence-corrected chi connectivity index (χ0v) is 14.4. The Morgan fingerprint density at radius 3 is 2.45 bits per heavy atom. The highest BCUT2D eigenvalue weighted by atomic mass is 35.5. The second-order valence-electron chi connectivity index (χ2n) is 6.41. The first-order chi connectivity index (χ1) is 10.2. The van der Waals surface area contributed by atoms with Crippen molar-refractivity contribution in [3.05, 3.63) is 0 Å². The summed E-state index contributed by atoms with van der Waals surface area (Å²) in [7, 11) is 0. The van der Waals surface area contributed by atoms with Gasteiger partial charge in [0.15, 0.2) is 0 Å². The molecule has 2 saturated heterocycles. The number of rotatable bonds is 5. The highest BCUT2D eigenvalue weighted by molar-refractivity contribution is 5.87. The first kappa shape index (κ1) is 19.2. The maximum Gasteiger partial charge on any atom is 0.244 e. The van der Waals surface area contributed by atoms with Gasteiger partial charge in [0.05, 0.1) is 0 Å². The Balaban J connectivity index is 0.00000242. The van der Waals surface area contributed by atoms with Gasteiger partial charge in [-0.05, 0) is 64.5 Å². The van der Waals surface area contributed by atoms with Gasteiger partial charge >= 0.3 is 0 Å². The fourth-order valence-corrected chi connectivity index (χ4v) is 3.27. The molecular weight excluding hydrogens is 302 g/mol. The van der Waals surface area contributed by atoms with E-state index in [2.05, 4.69) is 10.6 Å². The molecule has 2 aliphatic rings. The number of carbonyl (C=O) groups excluding carboxylic acids is 2. The van der Waals surface area contributed by atoms with Crippen molar-refractivity contribution in [2.45, 2.75) is 57.9 Å². The van der Waals surface area contributed by atoms with Gasteiger partial charge in [-0.2, -0.15) is 0 Å². The van der Waals surface area contributed by atoms with Crippen LogP contribution in [-0.4, -0.2) is 48.9 Å². The molecule has 0 spiro atoms. The number of nitrogens with zero attached hydrogens (tertiary/aromatic N) is 1. The lowest BCUT2D eigenvalue weighted by atomic mass is 9.93. The van der Waals surface area contributed by atoms with E-state index in [0.717, 1.165) is 58.3 Å². The van der Waals surface area contributed by atoms with Crippen LogP contribution in [0.2, 0.25) is 0 Å². The Kier molecular flexibility index (Phi) is 8.79. The molecular formula is C16H30ClN3O2. The number of hydrogen-bond acceptors (Lipinski definition) is 3. The van der Waals surface area contributed by atoms with E-state index < -0.39 is 0 Å². The van der Waals surface area contributed by atoms with Gasteiger partial charge in [0.2, 0.25) is 11.8 Å². The largest absolute Gasteiger partial charge is 0.345 e. The number of hydrogen-bond donors (Lipinski definition) is 2. The fourth-order valence-electron chi connectivity index (χ4n) is 3.27. The van der Waals surface area contributed by atoms with E-state index in [0.29, 0.717) is 12.3 Å². The number of likely N-dealkylation sites (tertiary alicyclic amines) is 1. The summed E-state index contributed by atoms with van der Waals surface area (Å²) in [5, 5.41) is 6.21. The third-order valence-electron chi connectivity index (χ3n) is 4.65. The summed E-state index contributed by atoms with van der Waals surface area (Å²) in [5.74, 6) is 0.751. The molecule has 0 bridgehead atoms. The summed E-state index contributed by atoms with van der Waals surface area (Å²) < 4.78 is 0. The van der Waals surface area contributed by atoms with Crippen LogP contribution in [0.3, 0.4) is 0 Å². The van der Waals surface area contributed by atoms with Crippen LogP contribution in [0.15, 0.2) is 0 Å². The molecule has 5 nitrogen and oxygen atoms in total. The van der Waals surface area contributed by atoms with Gasteiger partial charge in [-0.1, -0.05) is 0 Å². The van der Waals surface area contributed by atoms with Crippen LogP contribution >= 0.6 is 12.4 Å². The standard InChI is InChI=1S/C16H29N3O2.ClH/c1-13(16(21)19-11-3-2-4-12-19)18-15(20)6-5-14-7-9-17-10-8-14;/h13-14,17H,2-12H2,1H3,(H,18,20);1H. The molecule has 22 heavy (non-hydrogen) atoms. The first-order valence-electron chi connectivity index (χ1n) is 8.45. The van der Waals surface area contributed by atoms with E-state index in [1.165, 1.54) is 6.42 Å². The van der Waals surface area contributed by atoms with Crippen molar-refractivity contribution in [2.24, 2.45) is 5.92 Å². The van der Waals surface area contributed by atoms with Crippen LogP contribution in [0.4, 0.5) is 0 Å². The third-order valence-corrected chi connectivity index (χ3v) is 4.65. The van der Waals surface area contributed by atoms with Crippen LogP contribution in [0.1, 0.15) is 51.9 Å². The molecule has 128 valence electrons. The summed E-state index contributed by atoms with van der Waals surface area (Å²) in [6.45, 7) is 5.62. The van der Waals surface area contributed by atoms with Crippen molar-refractivity contribution in [1.82, 2.24) is 15.5 Å². The topological polar surface area (TPSA) is 61.4 Å². The molecule has 0 aliphatic carbocycles. The number of amides is 2. The Morgan fingerprint density at radius 1 is 1.18 bits per heavy atom. The predicted octanol–water partition coefficient (Wildman–Crippen LogP) is 1.71. The molecule has 2 aliphatic heterocycles. The van der Waals surface area contributed by atoms with E-state index in [1.807, 2.05) is 4.90 Å². The van der Waals surface area contributed by atoms with Crippen molar-refractivity contribution >= 4 is 24.2 Å². The quantitative estimate of drug-likeness (QED) is 0.806. The average Bonchev–Trinajstić information content (AvgIpc) is 2.54. The maximum atomic E-state index is 12.2. The third kappa shape index (κ3) is 6.13. The smallest absolute Gasteiger partial charge is 0.244 e. The maximum absolute atomic E-state index is 12.2. The van der Waals surface area contributed by atoms with E-state index in [4.69, 9.17) is 0 Å². The zero-order valence-electron chi connectivity index (χ0n) is 13.6. The second kappa shape index (κ2) is 10.1. The second-order valence-corrected chi connectivity index (χ2v) is 6.41. The normalized spacial score (nSPS) is 20.9. The molecule has 2 rings (SSSR count). The van der Waals surface area contributed by atoms with Crippen molar-refractivity contribution in [1.29, 1.82) is 0 Å². The van der Waals surface area contributed by atoms with Crippen molar-refractivity contribution in [3.8, 4) is 0 Å². The Labute approximate surface area is 140 Å². The molecule has 0 aromatic carbocycles. The number of nitrogens with one attached hydrogen (secondary N) is 2. The van der Waals surface area contributed by atoms with Crippen LogP contribution in [0.25, 0.3) is 0 Å². The lowest BCUT2D eigenvalue weighted by Crippen LogP contribution is -2.48. The van der Waals surface area contributed by atoms with Gasteiger partial charge in [-0.15, -0.1) is 12.4 Å². The molecule has 0 saturated carbocycles. The van der Waals surface area contributed by atoms with Crippen LogP contribution < -0.4 is 10.6 Å². The van der Waals surface area contributed by atoms with Gasteiger partial charge in [-0.25, -0.2) is 0 Å². The molecule has 2 heterocycles. The molecule has 0 radical (unpaired) electrons. The van der Waals surface area contributed by atoms with Crippen molar-refractivity contribution in [3.63, 3.8) is 0 Å². The number of piperidine rings is 2. The summed E-state index contributed by atoms with van der Waals surface area (Å²) in [6.07, 6.45) is 7.19. The lowest BCUT2D eigenvalue weighted by Gasteiger charge is -2.29. The first-order valence-corrected chi connectivity index (χ1v) is 8.45. The fraction of sp³-hybridized carbons (Fsp3) is 0.875. The molecule has 2 fully saturated rings. The Morgan fingerprint density at radius 2 is 1.82 bits per heavy atom. The van der Waals surface area contributed by atoms with Gasteiger partial charge < -0.3 is 15.5 Å². The Hall–Kier alpha value is -0.810. The minimum Gasteiger partial charge on any atom is -0.345 e. The van der Waals surface area contributed by atoms with Crippen LogP contribution in [-0.2, 0) is 9.59 Å². The van der Waals surface area contributed by atoms with E-state index in [-0.39, 0.29) is 30.3 Å². The van der Waals surface area contributed by atoms with E-state index in [1.54, 1.807) is 6.92 Å². The highest BCUT2D eigenvalue weighted by Gasteiger charge is 2.23. The molecule has 6 heteroatoms. The monoisotopic (exact) mass is 331 g/mol. The van der Waals surface area contributed by atoms with Gasteiger partial charge in [0.25, 0.3) is 0 Å². The van der Waals surface area contributed by atoms with Gasteiger partial charge in [-0.3, -0.25) is 9.59 Å². The minimum absolute atomic E-state index is 0. The molecule has 1 unspecified atom stereocenters. The molecule has 0 aromatic rings. The van der Waals surface area contributed by atoms with Crippen molar-refractivity contribution < 1.29 is 9.59 Å². The summed E-state index contributed by atoms with van der Waals surface area (Å²) >= 11 is 0. The minimum atomic E-state index is -0.386. The van der Waals surface area contributed by atoms with Gasteiger partial charge in [0.1, 0.15) is 6.04 Å². The molecule has 2 N–H and O–H groups in total. The number of halogens is 1. The summed E-state index contributed by atoms with van der Waals surface area (Å²) in [4.78, 5) is 26.1. The highest BCUT2D eigenvalue weighted by Crippen LogP contribution is 2.17. The summed E-state index contributed by atoms with van der Waals surface area (Å²) in [5.41, 5.74) is 0. The summed E-state index contributed by atoms with van der Waals surface area (Å²) in [6, 6.07) is -0.386. The van der Waals surface area contributed by atoms with E-state index in [9.17, 15) is 9.59 Å². The van der Waals surface area contributed by atoms with Crippen LogP contribution in [0.5, 0.6) is 0 Å². The zero-order chi connectivity index (χ0) is 15.1. The van der Waals surface area contributed by atoms with Crippen molar-refractivity contribution in [2.75, 3.05) is 26.2 Å². The predicted molar refractivity (Wildman–Crippen MR) is 90.1 cm³/mol. The van der Waals surface area contributed by atoms with E-state index >= 15 is 0 Å². The average molecular weight is 332 g/mol. The Bertz CT molecular complexity index is 353. The number of carbonyl (C=O) groups is 2. The SMILES string of the molecule is CC(NC(=O)CCC1CCNCC1)C(=O)N1CCCCC1.Cl. The molecule has 0 aromatic heterocycles. The lowest BCUT2D eigenvalue weighted by molar-refractivity contribution is -0.136. The molecule has 1 atom stereocenters. The van der Waals surface area contributed by atoms with Crippen LogP contribution in [0, 0.1) is 5.92 Å². The van der Waals surface area contributed by atoms with Gasteiger partial charge in [0, 0.05) is 19.5 Å². The molecule has 2 amide bonds.